The number of aromatic nitrogens is 4. The van der Waals surface area contributed by atoms with E-state index in [1.807, 2.05) is 30.5 Å². The van der Waals surface area contributed by atoms with E-state index in [0.717, 1.165) is 48.9 Å². The summed E-state index contributed by atoms with van der Waals surface area (Å²) in [6.07, 6.45) is 5.41. The number of H-pyrrole nitrogens is 1. The van der Waals surface area contributed by atoms with E-state index in [1.165, 1.54) is 0 Å². The minimum Gasteiger partial charge on any atom is -0.370 e. The van der Waals surface area contributed by atoms with Gasteiger partial charge in [0, 0.05) is 50.2 Å². The van der Waals surface area contributed by atoms with E-state index in [2.05, 4.69) is 34.7 Å². The Hall–Kier alpha value is -3.16. The summed E-state index contributed by atoms with van der Waals surface area (Å²) in [6.45, 7) is 3.73. The Morgan fingerprint density at radius 1 is 1.12 bits per heavy atom. The predicted octanol–water partition coefficient (Wildman–Crippen LogP) is 0.990. The molecule has 25 heavy (non-hydrogen) atoms. The molecule has 4 heterocycles. The van der Waals surface area contributed by atoms with Gasteiger partial charge in [-0.2, -0.15) is 0 Å². The maximum Gasteiger partial charge on any atom is 0.225 e. The second kappa shape index (κ2) is 6.76. The van der Waals surface area contributed by atoms with E-state index in [-0.39, 0.29) is 0 Å². The Labute approximate surface area is 145 Å². The average molecular weight is 336 g/mol. The van der Waals surface area contributed by atoms with Crippen molar-refractivity contribution in [2.75, 3.05) is 31.1 Å². The lowest BCUT2D eigenvalue weighted by molar-refractivity contribution is 0.378. The number of hydrogen-bond donors (Lipinski definition) is 2. The quantitative estimate of drug-likeness (QED) is 0.547. The van der Waals surface area contributed by atoms with Crippen molar-refractivity contribution >= 4 is 22.9 Å². The summed E-state index contributed by atoms with van der Waals surface area (Å²) in [5.74, 6) is 1.32. The first-order valence-electron chi connectivity index (χ1n) is 8.29. The largest absolute Gasteiger partial charge is 0.370 e. The third kappa shape index (κ3) is 3.37. The van der Waals surface area contributed by atoms with Crippen LogP contribution in [0.4, 0.5) is 5.95 Å². The minimum absolute atomic E-state index is 0.475. The zero-order valence-corrected chi connectivity index (χ0v) is 13.8. The molecule has 128 valence electrons. The van der Waals surface area contributed by atoms with Crippen LogP contribution in [0.25, 0.3) is 11.0 Å². The van der Waals surface area contributed by atoms with Crippen LogP contribution in [0.5, 0.6) is 0 Å². The number of nitrogens with one attached hydrogen (secondary N) is 1. The number of guanidine groups is 1. The lowest BCUT2D eigenvalue weighted by atomic mass is 10.3. The number of nitrogens with zero attached hydrogens (tertiary/aromatic N) is 6. The van der Waals surface area contributed by atoms with Gasteiger partial charge in [-0.25, -0.2) is 19.9 Å². The van der Waals surface area contributed by atoms with E-state index in [0.29, 0.717) is 12.5 Å². The molecule has 0 saturated carbocycles. The van der Waals surface area contributed by atoms with E-state index in [1.54, 1.807) is 12.4 Å². The highest BCUT2D eigenvalue weighted by Gasteiger charge is 2.19. The molecule has 3 aromatic rings. The van der Waals surface area contributed by atoms with E-state index < -0.39 is 0 Å². The summed E-state index contributed by atoms with van der Waals surface area (Å²) in [6, 6.07) is 7.85. The van der Waals surface area contributed by atoms with Crippen LogP contribution in [0.1, 0.15) is 5.69 Å². The normalized spacial score (nSPS) is 15.8. The molecule has 0 aliphatic carbocycles. The number of hydrogen-bond acceptors (Lipinski definition) is 5. The standard InChI is InChI=1S/C17H20N8/c18-16(22-12-14-3-2-13-4-7-19-15(13)23-14)24-8-10-25(11-9-24)17-20-5-1-6-21-17/h1-7H,8-12H2,(H2,18,22)(H,19,23). The molecule has 3 N–H and O–H groups in total. The van der Waals surface area contributed by atoms with E-state index in [4.69, 9.17) is 5.73 Å². The van der Waals surface area contributed by atoms with Crippen molar-refractivity contribution in [2.24, 2.45) is 10.7 Å². The number of anilines is 1. The van der Waals surface area contributed by atoms with Crippen LogP contribution in [0, 0.1) is 0 Å². The van der Waals surface area contributed by atoms with Crippen LogP contribution >= 0.6 is 0 Å². The van der Waals surface area contributed by atoms with Crippen LogP contribution in [-0.2, 0) is 6.54 Å². The fourth-order valence-electron chi connectivity index (χ4n) is 2.91. The van der Waals surface area contributed by atoms with Crippen molar-refractivity contribution in [1.29, 1.82) is 0 Å². The zero-order chi connectivity index (χ0) is 17.1. The molecule has 0 aromatic carbocycles. The highest BCUT2D eigenvalue weighted by molar-refractivity contribution is 5.78. The second-order valence-electron chi connectivity index (χ2n) is 5.92. The first kappa shape index (κ1) is 15.4. The van der Waals surface area contributed by atoms with Gasteiger partial charge in [0.2, 0.25) is 5.95 Å². The van der Waals surface area contributed by atoms with Crippen molar-refractivity contribution in [2.45, 2.75) is 6.54 Å². The molecule has 0 radical (unpaired) electrons. The lowest BCUT2D eigenvalue weighted by Gasteiger charge is -2.35. The van der Waals surface area contributed by atoms with Gasteiger partial charge in [0.05, 0.1) is 12.2 Å². The summed E-state index contributed by atoms with van der Waals surface area (Å²) < 4.78 is 0. The van der Waals surface area contributed by atoms with Crippen molar-refractivity contribution in [3.8, 4) is 0 Å². The van der Waals surface area contributed by atoms with Gasteiger partial charge in [-0.1, -0.05) is 0 Å². The number of rotatable bonds is 3. The molecule has 1 fully saturated rings. The first-order chi connectivity index (χ1) is 12.3. The molecule has 0 atom stereocenters. The summed E-state index contributed by atoms with van der Waals surface area (Å²) in [5.41, 5.74) is 7.94. The van der Waals surface area contributed by atoms with Crippen LogP contribution in [-0.4, -0.2) is 57.0 Å². The highest BCUT2D eigenvalue weighted by Crippen LogP contribution is 2.12. The van der Waals surface area contributed by atoms with Gasteiger partial charge in [0.15, 0.2) is 5.96 Å². The summed E-state index contributed by atoms with van der Waals surface area (Å²) >= 11 is 0. The maximum absolute atomic E-state index is 6.16. The average Bonchev–Trinajstić information content (AvgIpc) is 3.15. The first-order valence-corrected chi connectivity index (χ1v) is 8.29. The topological polar surface area (TPSA) is 99.3 Å². The van der Waals surface area contributed by atoms with Crippen molar-refractivity contribution in [3.05, 3.63) is 48.5 Å². The smallest absolute Gasteiger partial charge is 0.225 e. The Morgan fingerprint density at radius 3 is 2.72 bits per heavy atom. The molecule has 0 unspecified atom stereocenters. The molecule has 0 amide bonds. The number of nitrogens with two attached hydrogens (primary N) is 1. The monoisotopic (exact) mass is 336 g/mol. The zero-order valence-electron chi connectivity index (χ0n) is 13.8. The molecule has 8 heteroatoms. The number of pyridine rings is 1. The van der Waals surface area contributed by atoms with Gasteiger partial charge >= 0.3 is 0 Å². The van der Waals surface area contributed by atoms with Crippen molar-refractivity contribution in [1.82, 2.24) is 24.8 Å². The maximum atomic E-state index is 6.16. The van der Waals surface area contributed by atoms with Gasteiger partial charge in [-0.05, 0) is 24.3 Å². The third-order valence-corrected chi connectivity index (χ3v) is 4.31. The summed E-state index contributed by atoms with van der Waals surface area (Å²) in [7, 11) is 0. The lowest BCUT2D eigenvalue weighted by Crippen LogP contribution is -2.51. The van der Waals surface area contributed by atoms with Gasteiger partial charge in [-0.3, -0.25) is 0 Å². The van der Waals surface area contributed by atoms with E-state index in [9.17, 15) is 0 Å². The summed E-state index contributed by atoms with van der Waals surface area (Å²) in [4.78, 5) is 25.0. The van der Waals surface area contributed by atoms with Gasteiger partial charge in [0.1, 0.15) is 5.65 Å². The minimum atomic E-state index is 0.475. The molecule has 0 spiro atoms. The van der Waals surface area contributed by atoms with Gasteiger partial charge < -0.3 is 20.5 Å². The van der Waals surface area contributed by atoms with Crippen molar-refractivity contribution < 1.29 is 0 Å². The van der Waals surface area contributed by atoms with Crippen LogP contribution in [0.15, 0.2) is 47.8 Å². The Kier molecular flexibility index (Phi) is 4.16. The van der Waals surface area contributed by atoms with Crippen LogP contribution in [0.2, 0.25) is 0 Å². The highest BCUT2D eigenvalue weighted by atomic mass is 15.3. The predicted molar refractivity (Wildman–Crippen MR) is 97.2 cm³/mol. The number of aromatic amines is 1. The fourth-order valence-corrected chi connectivity index (χ4v) is 2.91. The molecule has 1 aliphatic rings. The van der Waals surface area contributed by atoms with Gasteiger partial charge in [0.25, 0.3) is 0 Å². The molecule has 8 nitrogen and oxygen atoms in total. The number of aliphatic imine (C=N–C) groups is 1. The van der Waals surface area contributed by atoms with Crippen LogP contribution in [0.3, 0.4) is 0 Å². The number of fused-ring (bicyclic) bond motifs is 1. The molecular weight excluding hydrogens is 316 g/mol. The fraction of sp³-hybridized carbons (Fsp3) is 0.294. The van der Waals surface area contributed by atoms with Gasteiger partial charge in [-0.15, -0.1) is 0 Å². The number of piperazine rings is 1. The Morgan fingerprint density at radius 2 is 1.92 bits per heavy atom. The molecule has 1 saturated heterocycles. The molecule has 3 aromatic heterocycles. The molecule has 4 rings (SSSR count). The third-order valence-electron chi connectivity index (χ3n) is 4.31. The Balaban J connectivity index is 1.36. The van der Waals surface area contributed by atoms with E-state index >= 15 is 0 Å². The van der Waals surface area contributed by atoms with Crippen molar-refractivity contribution in [3.63, 3.8) is 0 Å². The SMILES string of the molecule is NC(=NCc1ccc2cc[nH]c2n1)N1CCN(c2ncccn2)CC1. The Bertz CT molecular complexity index is 864. The molecular formula is C17H20N8. The van der Waals surface area contributed by atoms with Crippen LogP contribution < -0.4 is 10.6 Å². The molecule has 1 aliphatic heterocycles. The molecule has 0 bridgehead atoms. The second-order valence-corrected chi connectivity index (χ2v) is 5.92. The summed E-state index contributed by atoms with van der Waals surface area (Å²) in [5, 5.41) is 1.10.